The van der Waals surface area contributed by atoms with E-state index in [2.05, 4.69) is 20.9 Å². The number of methoxy groups -OCH3 is 1. The lowest BCUT2D eigenvalue weighted by Gasteiger charge is -2.27. The smallest absolute Gasteiger partial charge is 0.314 e. The summed E-state index contributed by atoms with van der Waals surface area (Å²) >= 11 is 5.31. The number of carbonyl (C=O) groups is 3. The van der Waals surface area contributed by atoms with Gasteiger partial charge in [-0.25, -0.2) is 4.90 Å². The van der Waals surface area contributed by atoms with Gasteiger partial charge in [0.2, 0.25) is 11.8 Å². The number of esters is 1. The first-order valence-electron chi connectivity index (χ1n) is 7.53. The highest BCUT2D eigenvalue weighted by atomic mass is 79.9. The maximum atomic E-state index is 13.1. The Labute approximate surface area is 163 Å². The molecule has 3 heterocycles. The Hall–Kier alpha value is -1.91. The van der Waals surface area contributed by atoms with Crippen molar-refractivity contribution in [3.05, 3.63) is 43.3 Å². The molecule has 26 heavy (non-hydrogen) atoms. The van der Waals surface area contributed by atoms with Crippen LogP contribution >= 0.6 is 39.0 Å². The number of ether oxygens (including phenoxy) is 1. The molecule has 0 aliphatic carbocycles. The number of hydrogen-bond donors (Lipinski definition) is 1. The highest BCUT2D eigenvalue weighted by molar-refractivity contribution is 9.10. The van der Waals surface area contributed by atoms with Crippen LogP contribution in [0.5, 0.6) is 0 Å². The first-order valence-corrected chi connectivity index (χ1v) is 10.0. The molecule has 0 saturated carbocycles. The van der Waals surface area contributed by atoms with Crippen LogP contribution in [0.15, 0.2) is 38.6 Å². The van der Waals surface area contributed by atoms with Crippen LogP contribution in [0, 0.1) is 5.92 Å². The van der Waals surface area contributed by atoms with Gasteiger partial charge in [0.1, 0.15) is 11.2 Å². The monoisotopic (exact) mass is 454 g/mol. The molecule has 0 radical (unpaired) electrons. The number of aromatic nitrogens is 1. The lowest BCUT2D eigenvalue weighted by molar-refractivity contribution is -0.145. The van der Waals surface area contributed by atoms with E-state index in [-0.39, 0.29) is 4.87 Å². The second-order valence-electron chi connectivity index (χ2n) is 5.76. The van der Waals surface area contributed by atoms with Gasteiger partial charge in [-0.2, -0.15) is 0 Å². The number of amides is 2. The fourth-order valence-electron chi connectivity index (χ4n) is 3.24. The summed E-state index contributed by atoms with van der Waals surface area (Å²) in [5.41, 5.74) is 0.443. The number of rotatable bonds is 2. The van der Waals surface area contributed by atoms with Crippen molar-refractivity contribution in [3.8, 4) is 0 Å². The van der Waals surface area contributed by atoms with Crippen LogP contribution in [0.2, 0.25) is 0 Å². The van der Waals surface area contributed by atoms with Gasteiger partial charge in [0, 0.05) is 4.47 Å². The van der Waals surface area contributed by atoms with E-state index in [1.54, 1.807) is 24.3 Å². The van der Waals surface area contributed by atoms with Crippen LogP contribution in [-0.4, -0.2) is 35.1 Å². The van der Waals surface area contributed by atoms with Crippen molar-refractivity contribution >= 4 is 62.5 Å². The molecule has 0 unspecified atom stereocenters. The summed E-state index contributed by atoms with van der Waals surface area (Å²) in [7, 11) is 1.22. The van der Waals surface area contributed by atoms with E-state index >= 15 is 0 Å². The van der Waals surface area contributed by atoms with Gasteiger partial charge in [0.05, 0.1) is 28.6 Å². The third-order valence-corrected chi connectivity index (χ3v) is 7.29. The number of halogens is 1. The van der Waals surface area contributed by atoms with Crippen molar-refractivity contribution in [2.75, 3.05) is 12.0 Å². The topological polar surface area (TPSA) is 96.5 Å². The zero-order valence-electron chi connectivity index (χ0n) is 13.2. The van der Waals surface area contributed by atoms with Gasteiger partial charge in [-0.1, -0.05) is 39.0 Å². The Balaban J connectivity index is 1.81. The van der Waals surface area contributed by atoms with Crippen molar-refractivity contribution in [2.45, 2.75) is 16.2 Å². The molecule has 10 heteroatoms. The van der Waals surface area contributed by atoms with Crippen LogP contribution in [0.1, 0.15) is 10.8 Å². The van der Waals surface area contributed by atoms with E-state index in [0.29, 0.717) is 15.6 Å². The molecule has 3 atom stereocenters. The van der Waals surface area contributed by atoms with Crippen molar-refractivity contribution in [1.82, 2.24) is 4.98 Å². The van der Waals surface area contributed by atoms with E-state index < -0.39 is 34.9 Å². The normalized spacial score (nSPS) is 24.4. The van der Waals surface area contributed by atoms with Crippen LogP contribution in [0.3, 0.4) is 0 Å². The molecule has 1 aromatic heterocycles. The molecule has 2 aliphatic heterocycles. The molecular formula is C16H11BrN2O5S2. The summed E-state index contributed by atoms with van der Waals surface area (Å²) < 4.78 is 5.68. The molecule has 1 aromatic carbocycles. The lowest BCUT2D eigenvalue weighted by Crippen LogP contribution is -2.35. The van der Waals surface area contributed by atoms with Gasteiger partial charge < -0.3 is 9.72 Å². The number of thioether (sulfide) groups is 1. The highest BCUT2D eigenvalue weighted by Crippen LogP contribution is 2.51. The second kappa shape index (κ2) is 6.36. The Kier molecular flexibility index (Phi) is 4.28. The van der Waals surface area contributed by atoms with Crippen LogP contribution in [-0.2, 0) is 19.1 Å². The highest BCUT2D eigenvalue weighted by Gasteiger charge is 2.58. The third-order valence-electron chi connectivity index (χ3n) is 4.36. The van der Waals surface area contributed by atoms with Gasteiger partial charge in [-0.3, -0.25) is 19.2 Å². The SMILES string of the molecule is COC(=O)[C@@H]1c2sc(=O)[nH]c2S[C@H]2C(=O)N(c3ccc(Br)cc3)C(=O)[C@H]12. The number of anilines is 1. The molecule has 1 fully saturated rings. The Morgan fingerprint density at radius 2 is 1.88 bits per heavy atom. The Bertz CT molecular complexity index is 983. The number of hydrogen-bond acceptors (Lipinski definition) is 7. The molecule has 134 valence electrons. The van der Waals surface area contributed by atoms with E-state index in [1.165, 1.54) is 7.11 Å². The van der Waals surface area contributed by atoms with Crippen molar-refractivity contribution in [3.63, 3.8) is 0 Å². The summed E-state index contributed by atoms with van der Waals surface area (Å²) in [6.45, 7) is 0. The minimum Gasteiger partial charge on any atom is -0.469 e. The van der Waals surface area contributed by atoms with E-state index in [1.807, 2.05) is 0 Å². The van der Waals surface area contributed by atoms with Gasteiger partial charge >= 0.3 is 10.8 Å². The molecule has 0 spiro atoms. The summed E-state index contributed by atoms with van der Waals surface area (Å²) in [6, 6.07) is 6.79. The summed E-state index contributed by atoms with van der Waals surface area (Å²) in [4.78, 5) is 54.0. The minimum atomic E-state index is -0.970. The number of aromatic amines is 1. The number of benzene rings is 1. The molecule has 7 nitrogen and oxygen atoms in total. The average Bonchev–Trinajstić information content (AvgIpc) is 3.11. The number of H-pyrrole nitrogens is 1. The van der Waals surface area contributed by atoms with Gasteiger partial charge in [-0.15, -0.1) is 0 Å². The fourth-order valence-corrected chi connectivity index (χ4v) is 5.98. The predicted octanol–water partition coefficient (Wildman–Crippen LogP) is 2.12. The fraction of sp³-hybridized carbons (Fsp3) is 0.250. The number of fused-ring (bicyclic) bond motifs is 2. The van der Waals surface area contributed by atoms with Crippen LogP contribution < -0.4 is 9.77 Å². The van der Waals surface area contributed by atoms with Gasteiger partial charge in [0.25, 0.3) is 0 Å². The molecule has 4 rings (SSSR count). The quantitative estimate of drug-likeness (QED) is 0.551. The molecule has 2 aromatic rings. The lowest BCUT2D eigenvalue weighted by atomic mass is 9.89. The van der Waals surface area contributed by atoms with Crippen LogP contribution in [0.25, 0.3) is 0 Å². The largest absolute Gasteiger partial charge is 0.469 e. The van der Waals surface area contributed by atoms with Gasteiger partial charge in [-0.05, 0) is 24.3 Å². The summed E-state index contributed by atoms with van der Waals surface area (Å²) in [5.74, 6) is -3.36. The van der Waals surface area contributed by atoms with E-state index in [0.717, 1.165) is 32.5 Å². The second-order valence-corrected chi connectivity index (χ2v) is 8.84. The first-order chi connectivity index (χ1) is 12.4. The predicted molar refractivity (Wildman–Crippen MR) is 99.5 cm³/mol. The third kappa shape index (κ3) is 2.55. The average molecular weight is 455 g/mol. The molecule has 2 aliphatic rings. The van der Waals surface area contributed by atoms with Gasteiger partial charge in [0.15, 0.2) is 0 Å². The maximum Gasteiger partial charge on any atom is 0.314 e. The molecular weight excluding hydrogens is 444 g/mol. The van der Waals surface area contributed by atoms with Crippen molar-refractivity contribution < 1.29 is 19.1 Å². The zero-order chi connectivity index (χ0) is 18.6. The van der Waals surface area contributed by atoms with Crippen LogP contribution in [0.4, 0.5) is 5.69 Å². The molecule has 2 amide bonds. The summed E-state index contributed by atoms with van der Waals surface area (Å²) in [5, 5.41) is -0.330. The standard InChI is InChI=1S/C16H11BrN2O5S2/c1-24-15(22)9-8-11(25-12-10(9)26-16(23)18-12)14(21)19(13(8)20)7-4-2-6(17)3-5-7/h2-5,8-9,11H,1H3,(H,18,23)/t8-,9+,11-/m1/s1. The Morgan fingerprint density at radius 3 is 2.54 bits per heavy atom. The minimum absolute atomic E-state index is 0.332. The first kappa shape index (κ1) is 17.5. The van der Waals surface area contributed by atoms with E-state index in [9.17, 15) is 19.2 Å². The molecule has 1 N–H and O–H groups in total. The number of nitrogens with zero attached hydrogens (tertiary/aromatic N) is 1. The maximum absolute atomic E-state index is 13.1. The number of carbonyl (C=O) groups excluding carboxylic acids is 3. The Morgan fingerprint density at radius 1 is 1.19 bits per heavy atom. The van der Waals surface area contributed by atoms with Crippen molar-refractivity contribution in [2.24, 2.45) is 5.92 Å². The van der Waals surface area contributed by atoms with Crippen molar-refractivity contribution in [1.29, 1.82) is 0 Å². The summed E-state index contributed by atoms with van der Waals surface area (Å²) in [6.07, 6.45) is 0. The molecule has 0 bridgehead atoms. The number of imide groups is 1. The molecule has 1 saturated heterocycles. The van der Waals surface area contributed by atoms with E-state index in [4.69, 9.17) is 4.74 Å². The zero-order valence-corrected chi connectivity index (χ0v) is 16.4. The number of nitrogens with one attached hydrogen (secondary N) is 1. The number of thiazole rings is 1.